The fraction of sp³-hybridized carbons (Fsp3) is 0.222. The number of benzene rings is 2. The molecule has 10 nitrogen and oxygen atoms in total. The van der Waals surface area contributed by atoms with Gasteiger partial charge in [-0.15, -0.1) is 0 Å². The second kappa shape index (κ2) is 9.76. The number of non-ortho nitro benzene ring substituents is 2. The van der Waals surface area contributed by atoms with Gasteiger partial charge in [0.25, 0.3) is 11.4 Å². The maximum atomic E-state index is 11.8. The molecule has 0 radical (unpaired) electrons. The lowest BCUT2D eigenvalue weighted by atomic mass is 10.2. The van der Waals surface area contributed by atoms with Crippen molar-refractivity contribution in [3.05, 3.63) is 79.9 Å². The van der Waals surface area contributed by atoms with E-state index in [2.05, 4.69) is 0 Å². The van der Waals surface area contributed by atoms with Crippen molar-refractivity contribution < 1.29 is 28.9 Å². The first-order valence-electron chi connectivity index (χ1n) is 8.21. The maximum absolute atomic E-state index is 11.8. The number of hydrogen-bond acceptors (Lipinski definition) is 8. The monoisotopic (exact) mass is 388 g/mol. The minimum absolute atomic E-state index is 0.0515. The van der Waals surface area contributed by atoms with Crippen LogP contribution in [0.2, 0.25) is 0 Å². The molecular formula is C18H16N2O8. The first-order valence-corrected chi connectivity index (χ1v) is 8.21. The molecule has 28 heavy (non-hydrogen) atoms. The van der Waals surface area contributed by atoms with Gasteiger partial charge >= 0.3 is 11.9 Å². The van der Waals surface area contributed by atoms with Crippen LogP contribution in [0.25, 0.3) is 0 Å². The van der Waals surface area contributed by atoms with Crippen LogP contribution < -0.4 is 0 Å². The number of carbonyl (C=O) groups is 2. The highest BCUT2D eigenvalue weighted by molar-refractivity contribution is 5.90. The molecule has 0 saturated heterocycles. The molecule has 0 saturated carbocycles. The van der Waals surface area contributed by atoms with Crippen LogP contribution in [0.15, 0.2) is 48.5 Å². The molecule has 0 bridgehead atoms. The largest absolute Gasteiger partial charge is 0.462 e. The number of ether oxygens (including phenoxy) is 2. The quantitative estimate of drug-likeness (QED) is 0.276. The summed E-state index contributed by atoms with van der Waals surface area (Å²) in [5.41, 5.74) is -0.261. The fourth-order valence-corrected chi connectivity index (χ4v) is 2.19. The molecule has 0 amide bonds. The van der Waals surface area contributed by atoms with E-state index in [1.807, 2.05) is 0 Å². The average molecular weight is 388 g/mol. The minimum Gasteiger partial charge on any atom is -0.462 e. The fourth-order valence-electron chi connectivity index (χ4n) is 2.19. The Hall–Kier alpha value is -3.82. The third-order valence-corrected chi connectivity index (χ3v) is 3.59. The van der Waals surface area contributed by atoms with Gasteiger partial charge in [-0.3, -0.25) is 20.2 Å². The van der Waals surface area contributed by atoms with Gasteiger partial charge in [0.2, 0.25) is 0 Å². The van der Waals surface area contributed by atoms with Crippen LogP contribution in [-0.4, -0.2) is 35.0 Å². The van der Waals surface area contributed by atoms with Gasteiger partial charge in [0.05, 0.1) is 34.2 Å². The molecule has 10 heteroatoms. The summed E-state index contributed by atoms with van der Waals surface area (Å²) in [7, 11) is 0. The average Bonchev–Trinajstić information content (AvgIpc) is 2.70. The second-order valence-electron chi connectivity index (χ2n) is 5.59. The van der Waals surface area contributed by atoms with Crippen LogP contribution in [0.3, 0.4) is 0 Å². The van der Waals surface area contributed by atoms with Crippen LogP contribution >= 0.6 is 0 Å². The molecular weight excluding hydrogens is 372 g/mol. The molecule has 0 aliphatic carbocycles. The van der Waals surface area contributed by atoms with Crippen LogP contribution in [0.4, 0.5) is 11.4 Å². The van der Waals surface area contributed by atoms with Crippen molar-refractivity contribution in [1.82, 2.24) is 0 Å². The van der Waals surface area contributed by atoms with Gasteiger partial charge in [-0.05, 0) is 25.0 Å². The lowest BCUT2D eigenvalue weighted by molar-refractivity contribution is -0.385. The zero-order valence-corrected chi connectivity index (χ0v) is 14.6. The SMILES string of the molecule is O=C(OCCCCOC(=O)c1cccc([N+](=O)[O-])c1)c1cccc([N+](=O)[O-])c1. The third kappa shape index (κ3) is 5.87. The number of carbonyl (C=O) groups excluding carboxylic acids is 2. The Morgan fingerprint density at radius 2 is 1.14 bits per heavy atom. The zero-order valence-electron chi connectivity index (χ0n) is 14.6. The summed E-state index contributed by atoms with van der Waals surface area (Å²) < 4.78 is 10.0. The summed E-state index contributed by atoms with van der Waals surface area (Å²) in [5.74, 6) is -1.37. The number of nitro groups is 2. The van der Waals surface area contributed by atoms with Gasteiger partial charge in [-0.1, -0.05) is 12.1 Å². The molecule has 2 aromatic carbocycles. The Kier molecular flexibility index (Phi) is 7.14. The van der Waals surface area contributed by atoms with Crippen molar-refractivity contribution in [2.45, 2.75) is 12.8 Å². The van der Waals surface area contributed by atoms with Crippen LogP contribution in [0.5, 0.6) is 0 Å². The number of nitrogens with zero attached hydrogens (tertiary/aromatic N) is 2. The van der Waals surface area contributed by atoms with Crippen molar-refractivity contribution in [3.63, 3.8) is 0 Å². The highest BCUT2D eigenvalue weighted by atomic mass is 16.6. The summed E-state index contributed by atoms with van der Waals surface area (Å²) in [5, 5.41) is 21.4. The van der Waals surface area contributed by atoms with Crippen LogP contribution in [0, 0.1) is 20.2 Å². The lowest BCUT2D eigenvalue weighted by Gasteiger charge is -2.06. The van der Waals surface area contributed by atoms with Crippen LogP contribution in [-0.2, 0) is 9.47 Å². The maximum Gasteiger partial charge on any atom is 0.338 e. The highest BCUT2D eigenvalue weighted by Gasteiger charge is 2.14. The molecule has 146 valence electrons. The number of esters is 2. The van der Waals surface area contributed by atoms with E-state index >= 15 is 0 Å². The number of rotatable bonds is 9. The summed E-state index contributed by atoms with van der Waals surface area (Å²) in [6, 6.07) is 10.4. The Morgan fingerprint density at radius 3 is 1.50 bits per heavy atom. The summed E-state index contributed by atoms with van der Waals surface area (Å²) in [6.45, 7) is 0.103. The normalized spacial score (nSPS) is 10.1. The Bertz CT molecular complexity index is 823. The minimum atomic E-state index is -0.683. The van der Waals surface area contributed by atoms with Gasteiger partial charge < -0.3 is 9.47 Å². The van der Waals surface area contributed by atoms with Gasteiger partial charge in [0, 0.05) is 24.3 Å². The molecule has 0 atom stereocenters. The Morgan fingerprint density at radius 1 is 0.750 bits per heavy atom. The number of hydrogen-bond donors (Lipinski definition) is 0. The van der Waals surface area contributed by atoms with Crippen molar-refractivity contribution in [2.24, 2.45) is 0 Å². The van der Waals surface area contributed by atoms with E-state index < -0.39 is 21.8 Å². The first-order chi connectivity index (χ1) is 13.4. The first kappa shape index (κ1) is 20.5. The van der Waals surface area contributed by atoms with Crippen molar-refractivity contribution >= 4 is 23.3 Å². The van der Waals surface area contributed by atoms with Crippen molar-refractivity contribution in [1.29, 1.82) is 0 Å². The predicted octanol–water partition coefficient (Wildman–Crippen LogP) is 3.30. The van der Waals surface area contributed by atoms with Gasteiger partial charge in [0.1, 0.15) is 0 Å². The summed E-state index contributed by atoms with van der Waals surface area (Å²) in [4.78, 5) is 43.9. The predicted molar refractivity (Wildman–Crippen MR) is 96.0 cm³/mol. The van der Waals surface area contributed by atoms with E-state index in [1.165, 1.54) is 36.4 Å². The highest BCUT2D eigenvalue weighted by Crippen LogP contribution is 2.15. The topological polar surface area (TPSA) is 139 Å². The molecule has 0 aliphatic heterocycles. The molecule has 2 rings (SSSR count). The van der Waals surface area contributed by atoms with Gasteiger partial charge in [-0.25, -0.2) is 9.59 Å². The van der Waals surface area contributed by atoms with E-state index in [9.17, 15) is 29.8 Å². The standard InChI is InChI=1S/C18H16N2O8/c21-17(13-5-3-7-15(11-13)19(23)24)27-9-1-2-10-28-18(22)14-6-4-8-16(12-14)20(25)26/h3-8,11-12H,1-2,9-10H2. The molecule has 0 fully saturated rings. The van der Waals surface area contributed by atoms with E-state index in [0.717, 1.165) is 12.1 Å². The Labute approximate surface area is 159 Å². The lowest BCUT2D eigenvalue weighted by Crippen LogP contribution is -2.09. The zero-order chi connectivity index (χ0) is 20.5. The van der Waals surface area contributed by atoms with Gasteiger partial charge in [0.15, 0.2) is 0 Å². The molecule has 2 aromatic rings. The van der Waals surface area contributed by atoms with Crippen LogP contribution in [0.1, 0.15) is 33.6 Å². The molecule has 0 N–H and O–H groups in total. The molecule has 0 spiro atoms. The van der Waals surface area contributed by atoms with Crippen molar-refractivity contribution in [2.75, 3.05) is 13.2 Å². The summed E-state index contributed by atoms with van der Waals surface area (Å²) >= 11 is 0. The summed E-state index contributed by atoms with van der Waals surface area (Å²) in [6.07, 6.45) is 0.811. The van der Waals surface area contributed by atoms with E-state index in [-0.39, 0.29) is 35.7 Å². The number of unbranched alkanes of at least 4 members (excludes halogenated alkanes) is 1. The van der Waals surface area contributed by atoms with E-state index in [1.54, 1.807) is 0 Å². The Balaban J connectivity index is 1.70. The second-order valence-corrected chi connectivity index (χ2v) is 5.59. The van der Waals surface area contributed by atoms with E-state index in [4.69, 9.17) is 9.47 Å². The molecule has 0 unspecified atom stereocenters. The van der Waals surface area contributed by atoms with Crippen molar-refractivity contribution in [3.8, 4) is 0 Å². The molecule has 0 aromatic heterocycles. The third-order valence-electron chi connectivity index (χ3n) is 3.59. The van der Waals surface area contributed by atoms with E-state index in [0.29, 0.717) is 12.8 Å². The molecule has 0 aliphatic rings. The number of nitro benzene ring substituents is 2. The van der Waals surface area contributed by atoms with Gasteiger partial charge in [-0.2, -0.15) is 0 Å². The molecule has 0 heterocycles. The smallest absolute Gasteiger partial charge is 0.338 e.